The fourth-order valence-corrected chi connectivity index (χ4v) is 0.928. The second-order valence-corrected chi connectivity index (χ2v) is 2.88. The van der Waals surface area contributed by atoms with Crippen LogP contribution in [0.3, 0.4) is 0 Å². The van der Waals surface area contributed by atoms with Crippen LogP contribution in [-0.2, 0) is 4.79 Å². The minimum Gasteiger partial charge on any atom is -0.484 e. The zero-order valence-electron chi connectivity index (χ0n) is 8.45. The molecule has 5 nitrogen and oxygen atoms in total. The van der Waals surface area contributed by atoms with Gasteiger partial charge < -0.3 is 9.47 Å². The molecule has 0 saturated heterocycles. The summed E-state index contributed by atoms with van der Waals surface area (Å²) >= 11 is 0. The van der Waals surface area contributed by atoms with Gasteiger partial charge in [0.2, 0.25) is 0 Å². The van der Waals surface area contributed by atoms with E-state index in [1.54, 1.807) is 0 Å². The predicted molar refractivity (Wildman–Crippen MR) is 51.0 cm³/mol. The van der Waals surface area contributed by atoms with Gasteiger partial charge in [0.1, 0.15) is 11.5 Å². The smallest absolute Gasteiger partial charge is 0.484 e. The zero-order chi connectivity index (χ0) is 12.9. The Bertz CT molecular complexity index is 378. The highest BCUT2D eigenvalue weighted by Gasteiger charge is 2.30. The molecule has 0 unspecified atom stereocenters. The fraction of sp³-hybridized carbons (Fsp3) is 0.222. The van der Waals surface area contributed by atoms with E-state index in [4.69, 9.17) is 10.6 Å². The largest absolute Gasteiger partial charge is 0.573 e. The summed E-state index contributed by atoms with van der Waals surface area (Å²) in [6.07, 6.45) is -4.73. The van der Waals surface area contributed by atoms with E-state index in [-0.39, 0.29) is 18.1 Å². The molecule has 17 heavy (non-hydrogen) atoms. The summed E-state index contributed by atoms with van der Waals surface area (Å²) in [5, 5.41) is 0. The van der Waals surface area contributed by atoms with Gasteiger partial charge in [-0.2, -0.15) is 0 Å². The van der Waals surface area contributed by atoms with Gasteiger partial charge in [0.15, 0.2) is 6.61 Å². The Hall–Kier alpha value is -1.96. The number of carbonyl (C=O) groups is 1. The number of rotatable bonds is 4. The van der Waals surface area contributed by atoms with Crippen LogP contribution >= 0.6 is 0 Å². The van der Waals surface area contributed by atoms with Gasteiger partial charge in [-0.25, -0.2) is 5.84 Å². The first kappa shape index (κ1) is 13.1. The summed E-state index contributed by atoms with van der Waals surface area (Å²) in [7, 11) is 0. The van der Waals surface area contributed by atoms with Gasteiger partial charge in [-0.15, -0.1) is 13.2 Å². The van der Waals surface area contributed by atoms with Crippen LogP contribution in [0.15, 0.2) is 24.3 Å². The van der Waals surface area contributed by atoms with Gasteiger partial charge in [0, 0.05) is 0 Å². The van der Waals surface area contributed by atoms with Crippen molar-refractivity contribution in [2.24, 2.45) is 5.84 Å². The van der Waals surface area contributed by atoms with Crippen molar-refractivity contribution in [2.75, 3.05) is 6.61 Å². The van der Waals surface area contributed by atoms with Crippen LogP contribution in [0, 0.1) is 0 Å². The van der Waals surface area contributed by atoms with E-state index in [1.807, 2.05) is 5.43 Å². The Morgan fingerprint density at radius 1 is 1.24 bits per heavy atom. The maximum atomic E-state index is 11.8. The minimum absolute atomic E-state index is 0.225. The molecule has 0 aromatic heterocycles. The number of nitrogens with one attached hydrogen (secondary N) is 1. The maximum absolute atomic E-state index is 11.8. The van der Waals surface area contributed by atoms with Crippen molar-refractivity contribution in [3.8, 4) is 11.5 Å². The van der Waals surface area contributed by atoms with E-state index in [0.29, 0.717) is 0 Å². The van der Waals surface area contributed by atoms with Gasteiger partial charge in [-0.3, -0.25) is 10.2 Å². The average Bonchev–Trinajstić information content (AvgIpc) is 2.25. The molecule has 1 amide bonds. The lowest BCUT2D eigenvalue weighted by Gasteiger charge is -2.09. The van der Waals surface area contributed by atoms with Crippen molar-refractivity contribution in [3.05, 3.63) is 24.3 Å². The molecule has 0 heterocycles. The Labute approximate surface area is 94.3 Å². The van der Waals surface area contributed by atoms with Crippen molar-refractivity contribution < 1.29 is 27.4 Å². The highest BCUT2D eigenvalue weighted by molar-refractivity contribution is 5.76. The number of carbonyl (C=O) groups excluding carboxylic acids is 1. The third-order valence-corrected chi connectivity index (χ3v) is 1.59. The normalized spacial score (nSPS) is 10.8. The average molecular weight is 250 g/mol. The quantitative estimate of drug-likeness (QED) is 0.474. The second-order valence-electron chi connectivity index (χ2n) is 2.88. The van der Waals surface area contributed by atoms with Gasteiger partial charge >= 0.3 is 6.36 Å². The molecule has 1 aromatic rings. The van der Waals surface area contributed by atoms with Crippen molar-refractivity contribution in [3.63, 3.8) is 0 Å². The topological polar surface area (TPSA) is 73.6 Å². The third kappa shape index (κ3) is 5.07. The van der Waals surface area contributed by atoms with E-state index in [2.05, 4.69) is 4.74 Å². The van der Waals surface area contributed by atoms with Gasteiger partial charge in [-0.1, -0.05) is 0 Å². The predicted octanol–water partition coefficient (Wildman–Crippen LogP) is 0.954. The fourth-order valence-electron chi connectivity index (χ4n) is 0.928. The first-order valence-corrected chi connectivity index (χ1v) is 4.39. The number of alkyl halides is 3. The minimum atomic E-state index is -4.73. The van der Waals surface area contributed by atoms with Crippen LogP contribution < -0.4 is 20.7 Å². The number of ether oxygens (including phenoxy) is 2. The second kappa shape index (κ2) is 5.39. The van der Waals surface area contributed by atoms with E-state index in [1.165, 1.54) is 12.1 Å². The molecule has 0 aliphatic rings. The summed E-state index contributed by atoms with van der Waals surface area (Å²) in [5.41, 5.74) is 1.84. The molecule has 8 heteroatoms. The summed E-state index contributed by atoms with van der Waals surface area (Å²) in [6.45, 7) is -0.323. The number of halogens is 3. The van der Waals surface area contributed by atoms with Crippen molar-refractivity contribution >= 4 is 5.91 Å². The van der Waals surface area contributed by atoms with E-state index in [0.717, 1.165) is 12.1 Å². The van der Waals surface area contributed by atoms with Crippen LogP contribution in [0.1, 0.15) is 0 Å². The van der Waals surface area contributed by atoms with Crippen molar-refractivity contribution in [1.29, 1.82) is 0 Å². The number of benzene rings is 1. The third-order valence-electron chi connectivity index (χ3n) is 1.59. The molecule has 0 radical (unpaired) electrons. The zero-order valence-corrected chi connectivity index (χ0v) is 8.45. The van der Waals surface area contributed by atoms with Crippen LogP contribution in [0.5, 0.6) is 11.5 Å². The van der Waals surface area contributed by atoms with Gasteiger partial charge in [-0.05, 0) is 24.3 Å². The molecule has 0 aliphatic heterocycles. The molecule has 0 fully saturated rings. The highest BCUT2D eigenvalue weighted by atomic mass is 19.4. The number of hydrazine groups is 1. The molecule has 94 valence electrons. The van der Waals surface area contributed by atoms with Crippen molar-refractivity contribution in [1.82, 2.24) is 5.43 Å². The highest BCUT2D eigenvalue weighted by Crippen LogP contribution is 2.24. The number of hydrogen-bond acceptors (Lipinski definition) is 4. The lowest BCUT2D eigenvalue weighted by atomic mass is 10.3. The Morgan fingerprint density at radius 3 is 2.24 bits per heavy atom. The molecule has 3 N–H and O–H groups in total. The SMILES string of the molecule is NNC(=O)COc1ccc(OC(F)(F)F)cc1. The summed E-state index contributed by atoms with van der Waals surface area (Å²) in [6, 6.07) is 4.63. The Kier molecular flexibility index (Phi) is 4.16. The Balaban J connectivity index is 2.53. The molecule has 0 atom stereocenters. The summed E-state index contributed by atoms with van der Waals surface area (Å²) in [4.78, 5) is 10.7. The molecule has 0 aliphatic carbocycles. The molecule has 0 bridgehead atoms. The van der Waals surface area contributed by atoms with Crippen LogP contribution in [-0.4, -0.2) is 18.9 Å². The number of nitrogens with two attached hydrogens (primary N) is 1. The first-order chi connectivity index (χ1) is 7.90. The number of hydrogen-bond donors (Lipinski definition) is 2. The molecule has 0 saturated carbocycles. The summed E-state index contributed by atoms with van der Waals surface area (Å²) in [5.74, 6) is 4.11. The lowest BCUT2D eigenvalue weighted by molar-refractivity contribution is -0.274. The van der Waals surface area contributed by atoms with E-state index in [9.17, 15) is 18.0 Å². The molecular weight excluding hydrogens is 241 g/mol. The van der Waals surface area contributed by atoms with Gasteiger partial charge in [0.05, 0.1) is 0 Å². The number of amides is 1. The molecular formula is C9H9F3N2O3. The lowest BCUT2D eigenvalue weighted by Crippen LogP contribution is -2.34. The monoisotopic (exact) mass is 250 g/mol. The first-order valence-electron chi connectivity index (χ1n) is 4.39. The molecule has 1 aromatic carbocycles. The molecule has 0 spiro atoms. The van der Waals surface area contributed by atoms with Gasteiger partial charge in [0.25, 0.3) is 5.91 Å². The van der Waals surface area contributed by atoms with Crippen LogP contribution in [0.2, 0.25) is 0 Å². The summed E-state index contributed by atoms with van der Waals surface area (Å²) < 4.78 is 44.0. The maximum Gasteiger partial charge on any atom is 0.573 e. The molecule has 1 rings (SSSR count). The standard InChI is InChI=1S/C9H9F3N2O3/c10-9(11,12)17-7-3-1-6(2-4-7)16-5-8(15)14-13/h1-4H,5,13H2,(H,14,15). The van der Waals surface area contributed by atoms with Crippen LogP contribution in [0.25, 0.3) is 0 Å². The van der Waals surface area contributed by atoms with Crippen LogP contribution in [0.4, 0.5) is 13.2 Å². The van der Waals surface area contributed by atoms with E-state index < -0.39 is 12.3 Å². The van der Waals surface area contributed by atoms with E-state index >= 15 is 0 Å². The Morgan fingerprint density at radius 2 is 1.76 bits per heavy atom. The van der Waals surface area contributed by atoms with Crippen molar-refractivity contribution in [2.45, 2.75) is 6.36 Å².